The van der Waals surface area contributed by atoms with Gasteiger partial charge in [-0.1, -0.05) is 30.3 Å². The first-order valence-electron chi connectivity index (χ1n) is 11.5. The highest BCUT2D eigenvalue weighted by atomic mass is 32.2. The first kappa shape index (κ1) is 30.8. The molecule has 1 aromatic rings. The molecule has 10 nitrogen and oxygen atoms in total. The molecule has 4 unspecified atom stereocenters. The van der Waals surface area contributed by atoms with E-state index in [2.05, 4.69) is 28.6 Å². The number of hydrogen-bond donors (Lipinski definition) is 7. The highest BCUT2D eigenvalue weighted by Gasteiger charge is 2.30. The highest BCUT2D eigenvalue weighted by molar-refractivity contribution is 7.98. The molecule has 196 valence electrons. The molecule has 8 N–H and O–H groups in total. The van der Waals surface area contributed by atoms with E-state index in [0.717, 1.165) is 5.56 Å². The second-order valence-electron chi connectivity index (χ2n) is 8.07. The van der Waals surface area contributed by atoms with Crippen molar-refractivity contribution in [1.29, 1.82) is 0 Å². The van der Waals surface area contributed by atoms with E-state index in [1.165, 1.54) is 0 Å². The SMILES string of the molecule is CSCCC(N)C(=O)NC(CCCCN)C(=O)NC(Cc1ccccc1)C(=O)NC(CS)C(=O)O. The largest absolute Gasteiger partial charge is 0.480 e. The molecule has 0 heterocycles. The van der Waals surface area contributed by atoms with E-state index >= 15 is 0 Å². The smallest absolute Gasteiger partial charge is 0.327 e. The van der Waals surface area contributed by atoms with Crippen LogP contribution < -0.4 is 27.4 Å². The maximum Gasteiger partial charge on any atom is 0.327 e. The van der Waals surface area contributed by atoms with E-state index in [1.54, 1.807) is 36.0 Å². The van der Waals surface area contributed by atoms with E-state index in [4.69, 9.17) is 11.5 Å². The van der Waals surface area contributed by atoms with Gasteiger partial charge in [0.15, 0.2) is 0 Å². The molecule has 0 aliphatic heterocycles. The second kappa shape index (κ2) is 17.2. The number of aliphatic carboxylic acids is 1. The molecule has 35 heavy (non-hydrogen) atoms. The number of hydrogen-bond acceptors (Lipinski definition) is 8. The van der Waals surface area contributed by atoms with Gasteiger partial charge in [-0.2, -0.15) is 24.4 Å². The van der Waals surface area contributed by atoms with Crippen molar-refractivity contribution in [3.05, 3.63) is 35.9 Å². The lowest BCUT2D eigenvalue weighted by Crippen LogP contribution is -2.57. The van der Waals surface area contributed by atoms with E-state index in [9.17, 15) is 24.3 Å². The third-order valence-electron chi connectivity index (χ3n) is 5.26. The molecule has 1 rings (SSSR count). The van der Waals surface area contributed by atoms with Gasteiger partial charge in [0, 0.05) is 12.2 Å². The zero-order chi connectivity index (χ0) is 26.2. The number of amides is 3. The summed E-state index contributed by atoms with van der Waals surface area (Å²) in [6.45, 7) is 0.439. The van der Waals surface area contributed by atoms with E-state index in [1.807, 2.05) is 12.3 Å². The van der Waals surface area contributed by atoms with Gasteiger partial charge >= 0.3 is 5.97 Å². The molecule has 0 spiro atoms. The number of rotatable bonds is 17. The fourth-order valence-corrected chi connectivity index (χ4v) is 3.94. The molecule has 0 aliphatic rings. The van der Waals surface area contributed by atoms with Gasteiger partial charge in [-0.25, -0.2) is 4.79 Å². The number of nitrogens with one attached hydrogen (secondary N) is 3. The van der Waals surface area contributed by atoms with Crippen LogP contribution in [0.5, 0.6) is 0 Å². The minimum absolute atomic E-state index is 0.112. The van der Waals surface area contributed by atoms with Gasteiger partial charge in [0.1, 0.15) is 18.1 Å². The summed E-state index contributed by atoms with van der Waals surface area (Å²) in [7, 11) is 0. The quantitative estimate of drug-likeness (QED) is 0.109. The lowest BCUT2D eigenvalue weighted by atomic mass is 10.0. The molecule has 0 bridgehead atoms. The molecular weight excluding hydrogens is 490 g/mol. The van der Waals surface area contributed by atoms with Crippen molar-refractivity contribution in [3.63, 3.8) is 0 Å². The average molecular weight is 528 g/mol. The van der Waals surface area contributed by atoms with Crippen molar-refractivity contribution in [3.8, 4) is 0 Å². The summed E-state index contributed by atoms with van der Waals surface area (Å²) < 4.78 is 0. The Labute approximate surface area is 216 Å². The molecule has 3 amide bonds. The molecule has 0 aromatic heterocycles. The van der Waals surface area contributed by atoms with Crippen molar-refractivity contribution in [1.82, 2.24) is 16.0 Å². The van der Waals surface area contributed by atoms with Gasteiger partial charge < -0.3 is 32.5 Å². The van der Waals surface area contributed by atoms with E-state index < -0.39 is 47.9 Å². The highest BCUT2D eigenvalue weighted by Crippen LogP contribution is 2.08. The van der Waals surface area contributed by atoms with Gasteiger partial charge in [0.05, 0.1) is 6.04 Å². The summed E-state index contributed by atoms with van der Waals surface area (Å²) >= 11 is 5.54. The molecule has 0 saturated heterocycles. The number of nitrogens with two attached hydrogens (primary N) is 2. The number of carbonyl (C=O) groups is 4. The predicted molar refractivity (Wildman–Crippen MR) is 141 cm³/mol. The van der Waals surface area contributed by atoms with Crippen LogP contribution in [0, 0.1) is 0 Å². The summed E-state index contributed by atoms with van der Waals surface area (Å²) in [6, 6.07) is 5.05. The summed E-state index contributed by atoms with van der Waals surface area (Å²) in [6.07, 6.45) is 4.07. The maximum absolute atomic E-state index is 13.2. The van der Waals surface area contributed by atoms with Crippen molar-refractivity contribution in [2.75, 3.05) is 24.3 Å². The molecule has 0 radical (unpaired) electrons. The Balaban J connectivity index is 3.04. The van der Waals surface area contributed by atoms with Crippen LogP contribution in [0.3, 0.4) is 0 Å². The van der Waals surface area contributed by atoms with Crippen molar-refractivity contribution >= 4 is 48.1 Å². The first-order valence-corrected chi connectivity index (χ1v) is 13.5. The van der Waals surface area contributed by atoms with Crippen molar-refractivity contribution < 1.29 is 24.3 Å². The first-order chi connectivity index (χ1) is 16.7. The second-order valence-corrected chi connectivity index (χ2v) is 9.42. The van der Waals surface area contributed by atoms with Crippen LogP contribution in [0.1, 0.15) is 31.2 Å². The Morgan fingerprint density at radius 1 is 0.943 bits per heavy atom. The molecule has 12 heteroatoms. The van der Waals surface area contributed by atoms with Crippen LogP contribution in [-0.2, 0) is 25.6 Å². The van der Waals surface area contributed by atoms with Gasteiger partial charge in [-0.3, -0.25) is 14.4 Å². The zero-order valence-electron chi connectivity index (χ0n) is 19.9. The average Bonchev–Trinajstić information content (AvgIpc) is 2.84. The van der Waals surface area contributed by atoms with Gasteiger partial charge in [-0.15, -0.1) is 0 Å². The van der Waals surface area contributed by atoms with Gasteiger partial charge in [-0.05, 0) is 49.8 Å². The minimum Gasteiger partial charge on any atom is -0.480 e. The number of carbonyl (C=O) groups excluding carboxylic acids is 3. The number of thiol groups is 1. The summed E-state index contributed by atoms with van der Waals surface area (Å²) in [5.41, 5.74) is 12.3. The summed E-state index contributed by atoms with van der Waals surface area (Å²) in [5, 5.41) is 17.1. The van der Waals surface area contributed by atoms with E-state index in [-0.39, 0.29) is 12.2 Å². The summed E-state index contributed by atoms with van der Waals surface area (Å²) in [4.78, 5) is 50.1. The zero-order valence-corrected chi connectivity index (χ0v) is 21.7. The number of thioether (sulfide) groups is 1. The Kier molecular flexibility index (Phi) is 15.1. The Morgan fingerprint density at radius 3 is 2.11 bits per heavy atom. The molecule has 0 saturated carbocycles. The van der Waals surface area contributed by atoms with Gasteiger partial charge in [0.25, 0.3) is 0 Å². The van der Waals surface area contributed by atoms with Crippen molar-refractivity contribution in [2.45, 2.75) is 56.3 Å². The molecule has 4 atom stereocenters. The van der Waals surface area contributed by atoms with Crippen molar-refractivity contribution in [2.24, 2.45) is 11.5 Å². The topological polar surface area (TPSA) is 177 Å². The Bertz CT molecular complexity index is 815. The Hall–Kier alpha value is -2.28. The van der Waals surface area contributed by atoms with Crippen LogP contribution in [0.15, 0.2) is 30.3 Å². The standard InChI is InChI=1S/C23H37N5O5S2/c1-35-12-10-16(25)20(29)26-17(9-5-6-11-24)21(30)27-18(13-15-7-3-2-4-8-15)22(31)28-19(14-34)23(32)33/h2-4,7-8,16-19,34H,5-6,9-14,24-25H2,1H3,(H,26,29)(H,27,30)(H,28,31)(H,32,33). The molecular formula is C23H37N5O5S2. The fraction of sp³-hybridized carbons (Fsp3) is 0.565. The van der Waals surface area contributed by atoms with Crippen LogP contribution >= 0.6 is 24.4 Å². The van der Waals surface area contributed by atoms with E-state index in [0.29, 0.717) is 38.0 Å². The number of unbranched alkanes of at least 4 members (excludes halogenated alkanes) is 1. The third-order valence-corrected chi connectivity index (χ3v) is 6.27. The molecule has 0 fully saturated rings. The predicted octanol–water partition coefficient (Wildman–Crippen LogP) is -0.0927. The van der Waals surface area contributed by atoms with Crippen LogP contribution in [0.4, 0.5) is 0 Å². The number of benzene rings is 1. The fourth-order valence-electron chi connectivity index (χ4n) is 3.21. The molecule has 1 aromatic carbocycles. The maximum atomic E-state index is 13.2. The normalized spacial score (nSPS) is 14.3. The molecule has 0 aliphatic carbocycles. The van der Waals surface area contributed by atoms with Crippen LogP contribution in [-0.4, -0.2) is 77.3 Å². The minimum atomic E-state index is -1.23. The lowest BCUT2D eigenvalue weighted by molar-refractivity contribution is -0.141. The summed E-state index contributed by atoms with van der Waals surface area (Å²) in [5.74, 6) is -2.30. The number of carboxylic acid groups (broad SMARTS) is 1. The monoisotopic (exact) mass is 527 g/mol. The third kappa shape index (κ3) is 11.8. The van der Waals surface area contributed by atoms with Gasteiger partial charge in [0.2, 0.25) is 17.7 Å². The number of carboxylic acids is 1. The van der Waals surface area contributed by atoms with Crippen LogP contribution in [0.25, 0.3) is 0 Å². The van der Waals surface area contributed by atoms with Crippen LogP contribution in [0.2, 0.25) is 0 Å². The lowest BCUT2D eigenvalue weighted by Gasteiger charge is -2.25. The Morgan fingerprint density at radius 2 is 1.54 bits per heavy atom.